The van der Waals surface area contributed by atoms with Crippen molar-refractivity contribution in [3.8, 4) is 0 Å². The Bertz CT molecular complexity index is 1960. The summed E-state index contributed by atoms with van der Waals surface area (Å²) in [7, 11) is 4.32. The maximum absolute atomic E-state index is 15.4. The fourth-order valence-electron chi connectivity index (χ4n) is 5.88. The van der Waals surface area contributed by atoms with E-state index in [-0.39, 0.29) is 12.4 Å². The molecule has 0 aliphatic rings. The molecule has 0 aliphatic carbocycles. The van der Waals surface area contributed by atoms with Gasteiger partial charge < -0.3 is 17.3 Å². The molecule has 0 fully saturated rings. The summed E-state index contributed by atoms with van der Waals surface area (Å²) in [5, 5.41) is 0. The van der Waals surface area contributed by atoms with Crippen molar-refractivity contribution in [2.45, 2.75) is 6.54 Å². The van der Waals surface area contributed by atoms with Gasteiger partial charge in [0.15, 0.2) is 69.8 Å². The molecule has 0 spiro atoms. The molecular formula is C33H14BClF20N-. The molecule has 23 heteroatoms. The fourth-order valence-corrected chi connectivity index (χ4v) is 5.88. The number of rotatable bonds is 6. The van der Waals surface area contributed by atoms with E-state index in [9.17, 15) is 52.7 Å². The molecule has 0 saturated heterocycles. The van der Waals surface area contributed by atoms with Gasteiger partial charge in [-0.25, -0.2) is 87.8 Å². The van der Waals surface area contributed by atoms with Gasteiger partial charge in [-0.05, 0) is 0 Å². The van der Waals surface area contributed by atoms with E-state index < -0.39 is 144 Å². The highest BCUT2D eigenvalue weighted by atomic mass is 35.5. The lowest BCUT2D eigenvalue weighted by Crippen LogP contribution is -3.04. The van der Waals surface area contributed by atoms with Crippen molar-refractivity contribution in [3.05, 3.63) is 152 Å². The smallest absolute Gasteiger partial charge is 0.200 e. The van der Waals surface area contributed by atoms with E-state index in [1.165, 1.54) is 10.5 Å². The highest BCUT2D eigenvalue weighted by Gasteiger charge is 2.52. The zero-order chi connectivity index (χ0) is 41.8. The normalized spacial score (nSPS) is 11.5. The first-order valence-electron chi connectivity index (χ1n) is 14.6. The van der Waals surface area contributed by atoms with E-state index in [2.05, 4.69) is 44.4 Å². The Hall–Kier alpha value is -4.99. The largest absolute Gasteiger partial charge is 1.00 e. The molecule has 1 N–H and O–H groups in total. The van der Waals surface area contributed by atoms with Crippen LogP contribution < -0.4 is 39.2 Å². The Labute approximate surface area is 306 Å². The van der Waals surface area contributed by atoms with Crippen LogP contribution in [0, 0.1) is 116 Å². The maximum Gasteiger partial charge on any atom is 0.200 e. The average Bonchev–Trinajstić information content (AvgIpc) is 3.15. The van der Waals surface area contributed by atoms with Crippen molar-refractivity contribution >= 4 is 28.0 Å². The van der Waals surface area contributed by atoms with Gasteiger partial charge in [-0.2, -0.15) is 0 Å². The molecule has 5 aromatic rings. The van der Waals surface area contributed by atoms with Crippen LogP contribution in [0.5, 0.6) is 0 Å². The third-order valence-corrected chi connectivity index (χ3v) is 8.11. The highest BCUT2D eigenvalue weighted by Crippen LogP contribution is 2.30. The van der Waals surface area contributed by atoms with Crippen molar-refractivity contribution in [1.29, 1.82) is 0 Å². The van der Waals surface area contributed by atoms with Crippen LogP contribution in [-0.2, 0) is 6.54 Å². The van der Waals surface area contributed by atoms with Crippen molar-refractivity contribution < 1.29 is 105 Å². The van der Waals surface area contributed by atoms with Gasteiger partial charge in [0.1, 0.15) is 59.2 Å². The standard InChI is InChI=1S/C24BF20.C9H13N.ClH/c26-5-1(6(27)14(35)21(42)13(5)34)25(2-7(28)15(36)22(43)16(37)8(2)29,3-9(30)17(38)23(44)18(39)10(3)31)4-11(32)19(40)24(45)20(41)12(4)33;1-10(2)8-9-6-4-3-5-7-9;/h;3-7H,8H2,1-2H3;1H/q-1;;. The number of quaternary nitrogens is 1. The second-order valence-electron chi connectivity index (χ2n) is 11.7. The summed E-state index contributed by atoms with van der Waals surface area (Å²) in [5.74, 6) is -71.4. The molecule has 56 heavy (non-hydrogen) atoms. The molecular weight excluding hydrogens is 837 g/mol. The van der Waals surface area contributed by atoms with E-state index in [4.69, 9.17) is 0 Å². The lowest BCUT2D eigenvalue weighted by molar-refractivity contribution is -0.872. The Kier molecular flexibility index (Phi) is 13.5. The Morgan fingerprint density at radius 3 is 0.679 bits per heavy atom. The zero-order valence-corrected chi connectivity index (χ0v) is 27.9. The van der Waals surface area contributed by atoms with Gasteiger partial charge in [0.2, 0.25) is 0 Å². The average molecular weight is 851 g/mol. The Morgan fingerprint density at radius 2 is 0.500 bits per heavy atom. The molecule has 5 aromatic carbocycles. The van der Waals surface area contributed by atoms with Crippen molar-refractivity contribution in [2.24, 2.45) is 0 Å². The quantitative estimate of drug-likeness (QED) is 0.116. The molecule has 1 nitrogen and oxygen atoms in total. The lowest BCUT2D eigenvalue weighted by Gasteiger charge is -2.44. The molecule has 0 unspecified atom stereocenters. The van der Waals surface area contributed by atoms with Gasteiger partial charge in [-0.1, -0.05) is 30.3 Å². The van der Waals surface area contributed by atoms with Crippen molar-refractivity contribution in [1.82, 2.24) is 0 Å². The summed E-state index contributed by atoms with van der Waals surface area (Å²) in [6, 6.07) is 10.5. The summed E-state index contributed by atoms with van der Waals surface area (Å²) < 4.78 is 294. The lowest BCUT2D eigenvalue weighted by atomic mass is 9.12. The van der Waals surface area contributed by atoms with Crippen LogP contribution in [0.2, 0.25) is 0 Å². The summed E-state index contributed by atoms with van der Waals surface area (Å²) in [5.41, 5.74) is -12.9. The highest BCUT2D eigenvalue weighted by molar-refractivity contribution is 7.20. The van der Waals surface area contributed by atoms with Crippen LogP contribution in [0.4, 0.5) is 87.8 Å². The molecule has 0 heterocycles. The van der Waals surface area contributed by atoms with E-state index in [0.717, 1.165) is 6.54 Å². The number of hydrogen-bond acceptors (Lipinski definition) is 0. The van der Waals surface area contributed by atoms with Crippen LogP contribution in [0.3, 0.4) is 0 Å². The van der Waals surface area contributed by atoms with Gasteiger partial charge in [-0.15, -0.1) is 21.9 Å². The molecule has 0 amide bonds. The van der Waals surface area contributed by atoms with Gasteiger partial charge in [0.25, 0.3) is 0 Å². The second kappa shape index (κ2) is 16.6. The third-order valence-electron chi connectivity index (χ3n) is 8.11. The van der Waals surface area contributed by atoms with Crippen molar-refractivity contribution in [3.63, 3.8) is 0 Å². The summed E-state index contributed by atoms with van der Waals surface area (Å²) >= 11 is 0. The number of nitrogens with one attached hydrogen (secondary N) is 1. The molecule has 0 aromatic heterocycles. The van der Waals surface area contributed by atoms with Gasteiger partial charge in [-0.3, -0.25) is 0 Å². The minimum Gasteiger partial charge on any atom is -1.00 e. The Balaban J connectivity index is 0.000000664. The second-order valence-corrected chi connectivity index (χ2v) is 11.7. The predicted octanol–water partition coefficient (Wildman–Crippen LogP) is 3.18. The van der Waals surface area contributed by atoms with Crippen LogP contribution in [0.1, 0.15) is 5.56 Å². The number of halogens is 21. The molecule has 0 radical (unpaired) electrons. The molecule has 0 aliphatic heterocycles. The summed E-state index contributed by atoms with van der Waals surface area (Å²) in [6.07, 6.45) is -7.22. The van der Waals surface area contributed by atoms with Gasteiger partial charge in [0, 0.05) is 5.56 Å². The van der Waals surface area contributed by atoms with Gasteiger partial charge in [0.05, 0.1) is 14.1 Å². The first-order chi connectivity index (χ1) is 25.5. The molecule has 302 valence electrons. The molecule has 0 saturated carbocycles. The maximum atomic E-state index is 15.4. The van der Waals surface area contributed by atoms with Crippen LogP contribution in [0.15, 0.2) is 30.3 Å². The Morgan fingerprint density at radius 1 is 0.321 bits per heavy atom. The summed E-state index contributed by atoms with van der Waals surface area (Å²) in [4.78, 5) is 1.46. The van der Waals surface area contributed by atoms with Crippen LogP contribution in [-0.4, -0.2) is 20.2 Å². The zero-order valence-electron chi connectivity index (χ0n) is 27.1. The minimum atomic E-state index is -7.22. The molecule has 5 rings (SSSR count). The third kappa shape index (κ3) is 7.00. The first kappa shape index (κ1) is 45.4. The van der Waals surface area contributed by atoms with E-state index in [1.54, 1.807) is 0 Å². The summed E-state index contributed by atoms with van der Waals surface area (Å²) in [6.45, 7) is 1.11. The SMILES string of the molecule is C[NH+](C)Cc1ccccc1.Fc1c(F)c(F)c([B-](c2c(F)c(F)c(F)c(F)c2F)(c2c(F)c(F)c(F)c(F)c2F)c2c(F)c(F)c(F)c(F)c2F)c(F)c1F.[Cl-]. The molecule has 0 bridgehead atoms. The van der Waals surface area contributed by atoms with Crippen LogP contribution >= 0.6 is 0 Å². The fraction of sp³-hybridized carbons (Fsp3) is 0.0909. The molecule has 0 atom stereocenters. The topological polar surface area (TPSA) is 4.44 Å². The monoisotopic (exact) mass is 850 g/mol. The van der Waals surface area contributed by atoms with E-state index in [1.807, 2.05) is 0 Å². The van der Waals surface area contributed by atoms with E-state index >= 15 is 35.1 Å². The van der Waals surface area contributed by atoms with Crippen LogP contribution in [0.25, 0.3) is 0 Å². The first-order valence-corrected chi connectivity index (χ1v) is 14.6. The van der Waals surface area contributed by atoms with Crippen molar-refractivity contribution in [2.75, 3.05) is 14.1 Å². The van der Waals surface area contributed by atoms with E-state index in [0.29, 0.717) is 0 Å². The van der Waals surface area contributed by atoms with Gasteiger partial charge >= 0.3 is 0 Å². The number of benzene rings is 5. The minimum absolute atomic E-state index is 0. The predicted molar refractivity (Wildman–Crippen MR) is 152 cm³/mol. The number of hydrogen-bond donors (Lipinski definition) is 1.